The molecule has 0 aliphatic rings. The van der Waals surface area contributed by atoms with Crippen molar-refractivity contribution in [2.45, 2.75) is 18.0 Å². The zero-order valence-electron chi connectivity index (χ0n) is 12.1. The van der Waals surface area contributed by atoms with Gasteiger partial charge in [0, 0.05) is 4.90 Å². The largest absolute Gasteiger partial charge is 0.418 e. The molecule has 0 spiro atoms. The van der Waals surface area contributed by atoms with Crippen LogP contribution in [-0.2, 0) is 11.0 Å². The number of alkyl halides is 3. The van der Waals surface area contributed by atoms with E-state index < -0.39 is 29.2 Å². The number of carbonyl (C=O) groups excluding carboxylic acids is 1. The molecule has 0 aromatic heterocycles. The molecule has 23 heavy (non-hydrogen) atoms. The van der Waals surface area contributed by atoms with E-state index in [4.69, 9.17) is 0 Å². The topological polar surface area (TPSA) is 29.1 Å². The second kappa shape index (κ2) is 7.04. The maximum absolute atomic E-state index is 13.0. The molecule has 122 valence electrons. The first kappa shape index (κ1) is 17.3. The van der Waals surface area contributed by atoms with Crippen LogP contribution in [0.5, 0.6) is 0 Å². The minimum absolute atomic E-state index is 0.0421. The lowest BCUT2D eigenvalue weighted by atomic mass is 10.1. The number of carbonyl (C=O) groups is 1. The van der Waals surface area contributed by atoms with Gasteiger partial charge in [0.15, 0.2) is 0 Å². The summed E-state index contributed by atoms with van der Waals surface area (Å²) in [6, 6.07) is 9.52. The summed E-state index contributed by atoms with van der Waals surface area (Å²) < 4.78 is 51.6. The fourth-order valence-electron chi connectivity index (χ4n) is 1.91. The van der Waals surface area contributed by atoms with Crippen molar-refractivity contribution < 1.29 is 22.4 Å². The number of thioether (sulfide) groups is 1. The smallest absolute Gasteiger partial charge is 0.325 e. The second-order valence-corrected chi connectivity index (χ2v) is 5.81. The first-order valence-corrected chi connectivity index (χ1v) is 7.61. The summed E-state index contributed by atoms with van der Waals surface area (Å²) in [7, 11) is 0. The molecule has 2 rings (SSSR count). The summed E-state index contributed by atoms with van der Waals surface area (Å²) in [6.07, 6.45) is -4.74. The van der Waals surface area contributed by atoms with Gasteiger partial charge in [-0.3, -0.25) is 4.79 Å². The summed E-state index contributed by atoms with van der Waals surface area (Å²) in [5.41, 5.74) is -0.677. The number of rotatable bonds is 4. The van der Waals surface area contributed by atoms with Gasteiger partial charge < -0.3 is 5.32 Å². The fourth-order valence-corrected chi connectivity index (χ4v) is 2.74. The summed E-state index contributed by atoms with van der Waals surface area (Å²) in [4.78, 5) is 12.7. The number of anilines is 1. The van der Waals surface area contributed by atoms with Crippen LogP contribution in [0.3, 0.4) is 0 Å². The number of nitrogens with one attached hydrogen (secondary N) is 1. The van der Waals surface area contributed by atoms with E-state index in [1.54, 1.807) is 0 Å². The fraction of sp³-hybridized carbons (Fsp3) is 0.188. The SMILES string of the molecule is Cc1ccccc1SCC(=O)Nc1ccc(F)cc1C(F)(F)F. The van der Waals surface area contributed by atoms with Crippen LogP contribution in [-0.4, -0.2) is 11.7 Å². The molecule has 7 heteroatoms. The Morgan fingerprint density at radius 1 is 1.17 bits per heavy atom. The Morgan fingerprint density at radius 3 is 2.52 bits per heavy atom. The molecule has 0 bridgehead atoms. The standard InChI is InChI=1S/C16H13F4NOS/c1-10-4-2-3-5-14(10)23-9-15(22)21-13-7-6-11(17)8-12(13)16(18,19)20/h2-8H,9H2,1H3,(H,21,22). The van der Waals surface area contributed by atoms with Crippen LogP contribution in [0.2, 0.25) is 0 Å². The summed E-state index contributed by atoms with van der Waals surface area (Å²) in [5.74, 6) is -1.64. The van der Waals surface area contributed by atoms with E-state index >= 15 is 0 Å². The predicted molar refractivity (Wildman–Crippen MR) is 81.9 cm³/mol. The number of hydrogen-bond acceptors (Lipinski definition) is 2. The highest BCUT2D eigenvalue weighted by atomic mass is 32.2. The van der Waals surface area contributed by atoms with Crippen molar-refractivity contribution in [2.24, 2.45) is 0 Å². The van der Waals surface area contributed by atoms with E-state index in [1.807, 2.05) is 31.2 Å². The highest BCUT2D eigenvalue weighted by Crippen LogP contribution is 2.35. The van der Waals surface area contributed by atoms with Crippen LogP contribution in [0.1, 0.15) is 11.1 Å². The van der Waals surface area contributed by atoms with Crippen LogP contribution < -0.4 is 5.32 Å². The molecule has 0 radical (unpaired) electrons. The van der Waals surface area contributed by atoms with E-state index in [1.165, 1.54) is 11.8 Å². The van der Waals surface area contributed by atoms with Crippen LogP contribution in [0.15, 0.2) is 47.4 Å². The van der Waals surface area contributed by atoms with Crippen molar-refractivity contribution in [2.75, 3.05) is 11.1 Å². The molecule has 0 unspecified atom stereocenters. The third-order valence-corrected chi connectivity index (χ3v) is 4.19. The lowest BCUT2D eigenvalue weighted by Crippen LogP contribution is -2.18. The molecule has 2 aromatic rings. The van der Waals surface area contributed by atoms with Gasteiger partial charge in [-0.15, -0.1) is 11.8 Å². The Labute approximate surface area is 134 Å². The van der Waals surface area contributed by atoms with Crippen molar-refractivity contribution in [3.05, 3.63) is 59.4 Å². The quantitative estimate of drug-likeness (QED) is 0.633. The molecule has 2 aromatic carbocycles. The molecule has 0 aliphatic carbocycles. The Morgan fingerprint density at radius 2 is 1.87 bits per heavy atom. The van der Waals surface area contributed by atoms with Gasteiger partial charge in [-0.05, 0) is 36.8 Å². The van der Waals surface area contributed by atoms with Crippen molar-refractivity contribution in [1.29, 1.82) is 0 Å². The van der Waals surface area contributed by atoms with Gasteiger partial charge in [-0.25, -0.2) is 4.39 Å². The Balaban J connectivity index is 2.08. The van der Waals surface area contributed by atoms with E-state index in [-0.39, 0.29) is 5.75 Å². The molecule has 0 aliphatic heterocycles. The Bertz CT molecular complexity index is 715. The molecule has 0 fully saturated rings. The Hall–Kier alpha value is -2.02. The lowest BCUT2D eigenvalue weighted by molar-refractivity contribution is -0.137. The van der Waals surface area contributed by atoms with E-state index in [0.717, 1.165) is 22.6 Å². The van der Waals surface area contributed by atoms with Gasteiger partial charge in [0.05, 0.1) is 17.0 Å². The van der Waals surface area contributed by atoms with Gasteiger partial charge in [-0.2, -0.15) is 13.2 Å². The number of aryl methyl sites for hydroxylation is 1. The highest BCUT2D eigenvalue weighted by Gasteiger charge is 2.34. The zero-order chi connectivity index (χ0) is 17.0. The molecule has 1 amide bonds. The van der Waals surface area contributed by atoms with Crippen molar-refractivity contribution >= 4 is 23.4 Å². The number of amides is 1. The maximum atomic E-state index is 13.0. The van der Waals surface area contributed by atoms with Crippen molar-refractivity contribution in [3.8, 4) is 0 Å². The van der Waals surface area contributed by atoms with Crippen molar-refractivity contribution in [3.63, 3.8) is 0 Å². The third-order valence-electron chi connectivity index (χ3n) is 3.01. The van der Waals surface area contributed by atoms with Crippen LogP contribution in [0.25, 0.3) is 0 Å². The minimum atomic E-state index is -4.74. The summed E-state index contributed by atoms with van der Waals surface area (Å²) in [5, 5.41) is 2.19. The molecule has 0 saturated carbocycles. The molecular formula is C16H13F4NOS. The van der Waals surface area contributed by atoms with Crippen LogP contribution >= 0.6 is 11.8 Å². The highest BCUT2D eigenvalue weighted by molar-refractivity contribution is 8.00. The monoisotopic (exact) mass is 343 g/mol. The number of benzene rings is 2. The average molecular weight is 343 g/mol. The van der Waals surface area contributed by atoms with Gasteiger partial charge in [0.1, 0.15) is 5.82 Å². The predicted octanol–water partition coefficient (Wildman–Crippen LogP) is 4.88. The first-order chi connectivity index (χ1) is 10.8. The summed E-state index contributed by atoms with van der Waals surface area (Å²) >= 11 is 1.22. The van der Waals surface area contributed by atoms with Crippen LogP contribution in [0, 0.1) is 12.7 Å². The minimum Gasteiger partial charge on any atom is -0.325 e. The summed E-state index contributed by atoms with van der Waals surface area (Å²) in [6.45, 7) is 1.88. The van der Waals surface area contributed by atoms with Gasteiger partial charge >= 0.3 is 6.18 Å². The normalized spacial score (nSPS) is 11.3. The van der Waals surface area contributed by atoms with Gasteiger partial charge in [-0.1, -0.05) is 18.2 Å². The molecule has 2 nitrogen and oxygen atoms in total. The molecule has 0 saturated heterocycles. The zero-order valence-corrected chi connectivity index (χ0v) is 12.9. The maximum Gasteiger partial charge on any atom is 0.418 e. The second-order valence-electron chi connectivity index (χ2n) is 4.79. The lowest BCUT2D eigenvalue weighted by Gasteiger charge is -2.14. The van der Waals surface area contributed by atoms with E-state index in [9.17, 15) is 22.4 Å². The van der Waals surface area contributed by atoms with Gasteiger partial charge in [0.25, 0.3) is 0 Å². The first-order valence-electron chi connectivity index (χ1n) is 6.62. The number of hydrogen-bond donors (Lipinski definition) is 1. The molecule has 0 atom stereocenters. The van der Waals surface area contributed by atoms with E-state index in [0.29, 0.717) is 6.07 Å². The van der Waals surface area contributed by atoms with Gasteiger partial charge in [0.2, 0.25) is 5.91 Å². The average Bonchev–Trinajstić information content (AvgIpc) is 2.47. The van der Waals surface area contributed by atoms with E-state index in [2.05, 4.69) is 5.32 Å². The molecular weight excluding hydrogens is 330 g/mol. The third kappa shape index (κ3) is 4.72. The molecule has 1 N–H and O–H groups in total. The van der Waals surface area contributed by atoms with Crippen molar-refractivity contribution in [1.82, 2.24) is 0 Å². The molecule has 0 heterocycles. The van der Waals surface area contributed by atoms with Crippen LogP contribution in [0.4, 0.5) is 23.2 Å². The number of halogens is 4. The Kier molecular flexibility index (Phi) is 5.30.